The number of ether oxygens (including phenoxy) is 2. The standard InChI is InChI=1S/C21H25N3O4/c1-27-18-9-5-6-10-19(18)28-16-21(26)24-13-11-23(12-14-24)15-20(25)22-17-7-3-2-4-8-17/h2-10H,11-16H2,1H3,(H,22,25). The molecular formula is C21H25N3O4. The van der Waals surface area contributed by atoms with Crippen LogP contribution in [-0.4, -0.2) is 68.1 Å². The predicted octanol–water partition coefficient (Wildman–Crippen LogP) is 1.86. The molecule has 0 saturated carbocycles. The van der Waals surface area contributed by atoms with E-state index >= 15 is 0 Å². The maximum atomic E-state index is 12.4. The van der Waals surface area contributed by atoms with Crippen molar-refractivity contribution in [3.05, 3.63) is 54.6 Å². The molecule has 0 aromatic heterocycles. The topological polar surface area (TPSA) is 71.1 Å². The van der Waals surface area contributed by atoms with Gasteiger partial charge in [0.25, 0.3) is 5.91 Å². The number of amides is 2. The third kappa shape index (κ3) is 5.47. The van der Waals surface area contributed by atoms with Crippen molar-refractivity contribution in [2.75, 3.05) is 51.8 Å². The number of carbonyl (C=O) groups is 2. The molecule has 1 N–H and O–H groups in total. The van der Waals surface area contributed by atoms with Gasteiger partial charge in [0.1, 0.15) is 0 Å². The lowest BCUT2D eigenvalue weighted by Gasteiger charge is -2.34. The van der Waals surface area contributed by atoms with Gasteiger partial charge in [-0.2, -0.15) is 0 Å². The lowest BCUT2D eigenvalue weighted by Crippen LogP contribution is -2.51. The van der Waals surface area contributed by atoms with Gasteiger partial charge in [-0.05, 0) is 24.3 Å². The number of hydrogen-bond acceptors (Lipinski definition) is 5. The third-order valence-corrected chi connectivity index (χ3v) is 4.57. The second-order valence-electron chi connectivity index (χ2n) is 6.51. The van der Waals surface area contributed by atoms with Crippen LogP contribution in [0.15, 0.2) is 54.6 Å². The van der Waals surface area contributed by atoms with E-state index in [2.05, 4.69) is 5.32 Å². The SMILES string of the molecule is COc1ccccc1OCC(=O)N1CCN(CC(=O)Nc2ccccc2)CC1. The maximum absolute atomic E-state index is 12.4. The Kier molecular flexibility index (Phi) is 6.86. The Morgan fingerprint density at radius 1 is 0.929 bits per heavy atom. The molecular weight excluding hydrogens is 358 g/mol. The van der Waals surface area contributed by atoms with Crippen molar-refractivity contribution in [1.29, 1.82) is 0 Å². The Hall–Kier alpha value is -3.06. The molecule has 0 aliphatic carbocycles. The van der Waals surface area contributed by atoms with E-state index in [1.807, 2.05) is 47.4 Å². The predicted molar refractivity (Wildman–Crippen MR) is 107 cm³/mol. The molecule has 0 spiro atoms. The smallest absolute Gasteiger partial charge is 0.260 e. The van der Waals surface area contributed by atoms with Crippen LogP contribution in [0, 0.1) is 0 Å². The highest BCUT2D eigenvalue weighted by Crippen LogP contribution is 2.25. The fourth-order valence-corrected chi connectivity index (χ4v) is 3.05. The van der Waals surface area contributed by atoms with E-state index in [4.69, 9.17) is 9.47 Å². The number of nitrogens with one attached hydrogen (secondary N) is 1. The van der Waals surface area contributed by atoms with Gasteiger partial charge >= 0.3 is 0 Å². The minimum atomic E-state index is -0.0701. The number of piperazine rings is 1. The zero-order chi connectivity index (χ0) is 19.8. The van der Waals surface area contributed by atoms with Gasteiger partial charge < -0.3 is 19.7 Å². The van der Waals surface area contributed by atoms with E-state index in [0.717, 1.165) is 5.69 Å². The van der Waals surface area contributed by atoms with Gasteiger partial charge in [-0.25, -0.2) is 0 Å². The van der Waals surface area contributed by atoms with Crippen molar-refractivity contribution in [1.82, 2.24) is 9.80 Å². The molecule has 1 aliphatic rings. The van der Waals surface area contributed by atoms with Crippen LogP contribution >= 0.6 is 0 Å². The Morgan fingerprint density at radius 3 is 2.25 bits per heavy atom. The van der Waals surface area contributed by atoms with Crippen LogP contribution in [0.5, 0.6) is 11.5 Å². The molecule has 28 heavy (non-hydrogen) atoms. The molecule has 1 heterocycles. The van der Waals surface area contributed by atoms with Gasteiger partial charge in [0.2, 0.25) is 5.91 Å². The zero-order valence-electron chi connectivity index (χ0n) is 16.0. The highest BCUT2D eigenvalue weighted by Gasteiger charge is 2.23. The molecule has 1 aliphatic heterocycles. The quantitative estimate of drug-likeness (QED) is 0.790. The number of carbonyl (C=O) groups excluding carboxylic acids is 2. The Balaban J connectivity index is 1.40. The molecule has 1 saturated heterocycles. The van der Waals surface area contributed by atoms with Gasteiger partial charge in [0, 0.05) is 31.9 Å². The zero-order valence-corrected chi connectivity index (χ0v) is 16.0. The number of para-hydroxylation sites is 3. The Bertz CT molecular complexity index is 789. The lowest BCUT2D eigenvalue weighted by molar-refractivity contribution is -0.135. The highest BCUT2D eigenvalue weighted by atomic mass is 16.5. The fourth-order valence-electron chi connectivity index (χ4n) is 3.05. The first-order valence-corrected chi connectivity index (χ1v) is 9.26. The van der Waals surface area contributed by atoms with E-state index in [1.54, 1.807) is 24.1 Å². The number of methoxy groups -OCH3 is 1. The summed E-state index contributed by atoms with van der Waals surface area (Å²) >= 11 is 0. The van der Waals surface area contributed by atoms with Crippen molar-refractivity contribution >= 4 is 17.5 Å². The number of anilines is 1. The Morgan fingerprint density at radius 2 is 1.57 bits per heavy atom. The summed E-state index contributed by atoms with van der Waals surface area (Å²) in [5, 5.41) is 2.88. The minimum absolute atomic E-state index is 0.0329. The molecule has 1 fully saturated rings. The van der Waals surface area contributed by atoms with Crippen molar-refractivity contribution in [3.63, 3.8) is 0 Å². The van der Waals surface area contributed by atoms with Crippen LogP contribution in [0.2, 0.25) is 0 Å². The first-order valence-electron chi connectivity index (χ1n) is 9.26. The molecule has 0 bridgehead atoms. The largest absolute Gasteiger partial charge is 0.493 e. The summed E-state index contributed by atoms with van der Waals surface area (Å²) in [6.07, 6.45) is 0. The van der Waals surface area contributed by atoms with E-state index < -0.39 is 0 Å². The van der Waals surface area contributed by atoms with E-state index in [-0.39, 0.29) is 18.4 Å². The molecule has 148 valence electrons. The summed E-state index contributed by atoms with van der Waals surface area (Å²) in [6, 6.07) is 16.6. The number of benzene rings is 2. The van der Waals surface area contributed by atoms with Crippen LogP contribution in [0.3, 0.4) is 0 Å². The average molecular weight is 383 g/mol. The Labute approximate surface area is 164 Å². The number of rotatable bonds is 7. The van der Waals surface area contributed by atoms with Crippen molar-refractivity contribution in [3.8, 4) is 11.5 Å². The lowest BCUT2D eigenvalue weighted by atomic mass is 10.3. The number of hydrogen-bond donors (Lipinski definition) is 1. The third-order valence-electron chi connectivity index (χ3n) is 4.57. The van der Waals surface area contributed by atoms with Crippen LogP contribution in [0.25, 0.3) is 0 Å². The van der Waals surface area contributed by atoms with Crippen molar-refractivity contribution in [2.24, 2.45) is 0 Å². The highest BCUT2D eigenvalue weighted by molar-refractivity contribution is 5.92. The summed E-state index contributed by atoms with van der Waals surface area (Å²) in [5.41, 5.74) is 0.787. The van der Waals surface area contributed by atoms with Crippen LogP contribution < -0.4 is 14.8 Å². The molecule has 0 atom stereocenters. The van der Waals surface area contributed by atoms with E-state index in [0.29, 0.717) is 44.2 Å². The molecule has 2 aromatic carbocycles. The normalized spacial score (nSPS) is 14.4. The minimum Gasteiger partial charge on any atom is -0.493 e. The molecule has 0 unspecified atom stereocenters. The van der Waals surface area contributed by atoms with Crippen LogP contribution in [-0.2, 0) is 9.59 Å². The fraction of sp³-hybridized carbons (Fsp3) is 0.333. The van der Waals surface area contributed by atoms with Gasteiger partial charge in [-0.15, -0.1) is 0 Å². The summed E-state index contributed by atoms with van der Waals surface area (Å²) in [4.78, 5) is 28.4. The van der Waals surface area contributed by atoms with Gasteiger partial charge in [-0.1, -0.05) is 30.3 Å². The van der Waals surface area contributed by atoms with Crippen LogP contribution in [0.1, 0.15) is 0 Å². The summed E-state index contributed by atoms with van der Waals surface area (Å²) in [6.45, 7) is 2.74. The average Bonchev–Trinajstić information content (AvgIpc) is 2.73. The van der Waals surface area contributed by atoms with Crippen molar-refractivity contribution < 1.29 is 19.1 Å². The summed E-state index contributed by atoms with van der Waals surface area (Å²) < 4.78 is 10.8. The molecule has 2 amide bonds. The molecule has 0 radical (unpaired) electrons. The maximum Gasteiger partial charge on any atom is 0.260 e. The van der Waals surface area contributed by atoms with Crippen molar-refractivity contribution in [2.45, 2.75) is 0 Å². The molecule has 7 heteroatoms. The second kappa shape index (κ2) is 9.75. The first kappa shape index (κ1) is 19.7. The molecule has 3 rings (SSSR count). The first-order chi connectivity index (χ1) is 13.7. The van der Waals surface area contributed by atoms with E-state index in [1.165, 1.54) is 0 Å². The summed E-state index contributed by atoms with van der Waals surface area (Å²) in [7, 11) is 1.57. The van der Waals surface area contributed by atoms with Gasteiger partial charge in [0.05, 0.1) is 13.7 Å². The molecule has 7 nitrogen and oxygen atoms in total. The van der Waals surface area contributed by atoms with Gasteiger partial charge in [-0.3, -0.25) is 14.5 Å². The monoisotopic (exact) mass is 383 g/mol. The summed E-state index contributed by atoms with van der Waals surface area (Å²) in [5.74, 6) is 1.03. The molecule has 2 aromatic rings. The van der Waals surface area contributed by atoms with Crippen LogP contribution in [0.4, 0.5) is 5.69 Å². The van der Waals surface area contributed by atoms with Gasteiger partial charge in [0.15, 0.2) is 18.1 Å². The number of nitrogens with zero attached hydrogens (tertiary/aromatic N) is 2. The van der Waals surface area contributed by atoms with E-state index in [9.17, 15) is 9.59 Å². The second-order valence-corrected chi connectivity index (χ2v) is 6.51.